The monoisotopic (exact) mass is 529 g/mol. The minimum absolute atomic E-state index is 0.0976. The molecule has 5 aromatic carbocycles. The number of allylic oxidation sites excluding steroid dienone is 3. The number of anilines is 3. The molecule has 0 amide bonds. The lowest BCUT2D eigenvalue weighted by Gasteiger charge is -2.26. The summed E-state index contributed by atoms with van der Waals surface area (Å²) < 4.78 is 5.94. The predicted molar refractivity (Wildman–Crippen MR) is 168 cm³/mol. The van der Waals surface area contributed by atoms with E-state index in [1.54, 1.807) is 6.08 Å². The second kappa shape index (κ2) is 11.3. The fourth-order valence-corrected chi connectivity index (χ4v) is 5.26. The minimum Gasteiger partial charge on any atom is -0.490 e. The molecule has 1 unspecified atom stereocenters. The van der Waals surface area contributed by atoms with Crippen molar-refractivity contribution in [1.82, 2.24) is 0 Å². The van der Waals surface area contributed by atoms with Gasteiger partial charge in [-0.2, -0.15) is 0 Å². The molecule has 0 spiro atoms. The largest absolute Gasteiger partial charge is 0.490 e. The Balaban J connectivity index is 1.36. The zero-order chi connectivity index (χ0) is 28.2. The first kappa shape index (κ1) is 25.7. The summed E-state index contributed by atoms with van der Waals surface area (Å²) in [4.78, 5) is 5.65. The second-order valence-electron chi connectivity index (χ2n) is 10.1. The van der Waals surface area contributed by atoms with Gasteiger partial charge in [0.25, 0.3) is 5.70 Å². The first-order valence-corrected chi connectivity index (χ1v) is 13.6. The number of nitriles is 1. The second-order valence-corrected chi connectivity index (χ2v) is 10.1. The quantitative estimate of drug-likeness (QED) is 0.168. The maximum absolute atomic E-state index is 9.28. The first-order valence-electron chi connectivity index (χ1n) is 13.6. The summed E-state index contributed by atoms with van der Waals surface area (Å²) in [6, 6.07) is 40.4. The van der Waals surface area contributed by atoms with Gasteiger partial charge in [0.1, 0.15) is 5.76 Å². The van der Waals surface area contributed by atoms with E-state index in [1.807, 2.05) is 25.1 Å². The van der Waals surface area contributed by atoms with Gasteiger partial charge in [0.15, 0.2) is 0 Å². The Morgan fingerprint density at radius 3 is 1.93 bits per heavy atom. The van der Waals surface area contributed by atoms with Crippen LogP contribution in [-0.2, 0) is 4.74 Å². The number of fused-ring (bicyclic) bond motifs is 2. The highest BCUT2D eigenvalue weighted by Gasteiger charge is 2.17. The van der Waals surface area contributed by atoms with E-state index in [4.69, 9.17) is 11.3 Å². The molecule has 1 aliphatic rings. The van der Waals surface area contributed by atoms with Gasteiger partial charge in [0.2, 0.25) is 0 Å². The molecule has 0 saturated carbocycles. The Labute approximate surface area is 240 Å². The molecule has 0 fully saturated rings. The molecule has 0 aliphatic carbocycles. The minimum atomic E-state index is -0.0976. The van der Waals surface area contributed by atoms with Crippen molar-refractivity contribution in [2.24, 2.45) is 0 Å². The topological polar surface area (TPSA) is 40.6 Å². The third-order valence-corrected chi connectivity index (χ3v) is 7.26. The number of ether oxygens (including phenoxy) is 1. The molecule has 1 atom stereocenters. The van der Waals surface area contributed by atoms with Crippen LogP contribution in [0, 0.1) is 17.9 Å². The third kappa shape index (κ3) is 5.46. The fraction of sp³-hybridized carbons (Fsp3) is 0.0811. The molecule has 4 heteroatoms. The Kier molecular flexibility index (Phi) is 7.06. The molecule has 0 bridgehead atoms. The SMILES string of the molecule is [C-]#[N+]C(C#N)=C1C=C(C=Cc2ccc(N(c3ccc4ccccc4c3)c3ccc4ccccc4c3)cc2)OC(C)C1. The van der Waals surface area contributed by atoms with Gasteiger partial charge in [0, 0.05) is 23.5 Å². The highest BCUT2D eigenvalue weighted by Crippen LogP contribution is 2.37. The van der Waals surface area contributed by atoms with Crippen molar-refractivity contribution in [3.8, 4) is 6.07 Å². The molecule has 5 aromatic rings. The normalized spacial score (nSPS) is 16.1. The standard InChI is InChI=1S/C37H27N3O/c1-26-21-32(37(25-38)39-2)24-36(41-26)20-13-27-11-16-33(17-12-27)40(34-18-14-28-7-3-5-9-30(28)22-34)35-19-15-29-8-4-6-10-31(29)23-35/h3-20,22-24,26H,21H2,1H3. The Bertz CT molecular complexity index is 1840. The van der Waals surface area contributed by atoms with Crippen LogP contribution < -0.4 is 4.90 Å². The summed E-state index contributed by atoms with van der Waals surface area (Å²) in [7, 11) is 0. The first-order chi connectivity index (χ1) is 20.1. The molecule has 196 valence electrons. The van der Waals surface area contributed by atoms with E-state index in [0.717, 1.165) is 28.2 Å². The lowest BCUT2D eigenvalue weighted by Crippen LogP contribution is -2.13. The molecule has 0 aromatic heterocycles. The summed E-state index contributed by atoms with van der Waals surface area (Å²) >= 11 is 0. The van der Waals surface area contributed by atoms with Crippen molar-refractivity contribution in [3.05, 3.63) is 155 Å². The van der Waals surface area contributed by atoms with Gasteiger partial charge >= 0.3 is 0 Å². The van der Waals surface area contributed by atoms with Crippen LogP contribution in [0.1, 0.15) is 18.9 Å². The number of hydrogen-bond donors (Lipinski definition) is 0. The number of rotatable bonds is 5. The summed E-state index contributed by atoms with van der Waals surface area (Å²) in [5.41, 5.74) is 5.09. The van der Waals surface area contributed by atoms with Crippen LogP contribution in [0.2, 0.25) is 0 Å². The zero-order valence-electron chi connectivity index (χ0n) is 22.7. The van der Waals surface area contributed by atoms with Crippen LogP contribution in [0.5, 0.6) is 0 Å². The van der Waals surface area contributed by atoms with E-state index in [2.05, 4.69) is 119 Å². The Morgan fingerprint density at radius 1 is 0.805 bits per heavy atom. The smallest absolute Gasteiger partial charge is 0.265 e. The summed E-state index contributed by atoms with van der Waals surface area (Å²) in [5.74, 6) is 0.646. The van der Waals surface area contributed by atoms with E-state index >= 15 is 0 Å². The van der Waals surface area contributed by atoms with Crippen molar-refractivity contribution >= 4 is 44.7 Å². The highest BCUT2D eigenvalue weighted by atomic mass is 16.5. The summed E-state index contributed by atoms with van der Waals surface area (Å²) in [6.45, 7) is 9.22. The zero-order valence-corrected chi connectivity index (χ0v) is 22.7. The van der Waals surface area contributed by atoms with Crippen molar-refractivity contribution in [3.63, 3.8) is 0 Å². The molecular formula is C37H27N3O. The Morgan fingerprint density at radius 2 is 1.37 bits per heavy atom. The van der Waals surface area contributed by atoms with Gasteiger partial charge in [-0.3, -0.25) is 0 Å². The molecule has 0 radical (unpaired) electrons. The highest BCUT2D eigenvalue weighted by molar-refractivity contribution is 5.92. The van der Waals surface area contributed by atoms with E-state index in [-0.39, 0.29) is 11.8 Å². The molecule has 4 nitrogen and oxygen atoms in total. The van der Waals surface area contributed by atoms with Crippen molar-refractivity contribution in [2.75, 3.05) is 4.90 Å². The van der Waals surface area contributed by atoms with E-state index in [0.29, 0.717) is 12.2 Å². The fourth-order valence-electron chi connectivity index (χ4n) is 5.26. The van der Waals surface area contributed by atoms with E-state index in [9.17, 15) is 5.26 Å². The molecular weight excluding hydrogens is 502 g/mol. The van der Waals surface area contributed by atoms with Crippen LogP contribution >= 0.6 is 0 Å². The molecule has 41 heavy (non-hydrogen) atoms. The average molecular weight is 530 g/mol. The average Bonchev–Trinajstić information content (AvgIpc) is 3.01. The lowest BCUT2D eigenvalue weighted by molar-refractivity contribution is 0.133. The molecule has 1 heterocycles. The van der Waals surface area contributed by atoms with Gasteiger partial charge < -0.3 is 9.64 Å². The van der Waals surface area contributed by atoms with Crippen LogP contribution in [0.15, 0.2) is 138 Å². The number of nitrogens with zero attached hydrogens (tertiary/aromatic N) is 3. The number of hydrogen-bond acceptors (Lipinski definition) is 3. The van der Waals surface area contributed by atoms with E-state index in [1.165, 1.54) is 21.5 Å². The van der Waals surface area contributed by atoms with Crippen LogP contribution in [-0.4, -0.2) is 6.10 Å². The Hall–Kier alpha value is -5.58. The molecule has 1 aliphatic heterocycles. The molecule has 0 N–H and O–H groups in total. The third-order valence-electron chi connectivity index (χ3n) is 7.26. The van der Waals surface area contributed by atoms with Crippen LogP contribution in [0.3, 0.4) is 0 Å². The maximum Gasteiger partial charge on any atom is 0.265 e. The summed E-state index contributed by atoms with van der Waals surface area (Å²) in [5, 5.41) is 14.1. The predicted octanol–water partition coefficient (Wildman–Crippen LogP) is 9.87. The van der Waals surface area contributed by atoms with Crippen LogP contribution in [0.25, 0.3) is 32.5 Å². The van der Waals surface area contributed by atoms with Crippen molar-refractivity contribution < 1.29 is 4.74 Å². The maximum atomic E-state index is 9.28. The number of benzene rings is 5. The van der Waals surface area contributed by atoms with Crippen molar-refractivity contribution in [2.45, 2.75) is 19.4 Å². The van der Waals surface area contributed by atoms with Gasteiger partial charge in [-0.1, -0.05) is 78.9 Å². The van der Waals surface area contributed by atoms with Gasteiger partial charge in [0.05, 0.1) is 18.7 Å². The lowest BCUT2D eigenvalue weighted by atomic mass is 10.0. The van der Waals surface area contributed by atoms with Crippen LogP contribution in [0.4, 0.5) is 17.1 Å². The van der Waals surface area contributed by atoms with E-state index < -0.39 is 0 Å². The molecule has 6 rings (SSSR count). The van der Waals surface area contributed by atoms with Crippen molar-refractivity contribution in [1.29, 1.82) is 5.26 Å². The van der Waals surface area contributed by atoms with Gasteiger partial charge in [-0.15, -0.1) is 0 Å². The van der Waals surface area contributed by atoms with Gasteiger partial charge in [-0.25, -0.2) is 10.1 Å². The molecule has 0 saturated heterocycles. The summed E-state index contributed by atoms with van der Waals surface area (Å²) in [6.07, 6.45) is 6.14. The van der Waals surface area contributed by atoms with Gasteiger partial charge in [-0.05, 0) is 88.2 Å².